The van der Waals surface area contributed by atoms with Crippen LogP contribution in [0.15, 0.2) is 18.2 Å². The fourth-order valence-corrected chi connectivity index (χ4v) is 1.77. The van der Waals surface area contributed by atoms with Crippen LogP contribution in [-0.4, -0.2) is 18.6 Å². The summed E-state index contributed by atoms with van der Waals surface area (Å²) in [5, 5.41) is 12.2. The number of anilines is 1. The molecule has 80 valence electrons. The third-order valence-electron chi connectivity index (χ3n) is 2.14. The second-order valence-electron chi connectivity index (χ2n) is 3.43. The minimum absolute atomic E-state index is 0.727. The molecule has 1 aromatic rings. The Morgan fingerprint density at radius 2 is 2.27 bits per heavy atom. The predicted molar refractivity (Wildman–Crippen MR) is 67.4 cm³/mol. The first-order valence-electron chi connectivity index (χ1n) is 5.01. The van der Waals surface area contributed by atoms with Crippen molar-refractivity contribution in [2.45, 2.75) is 13.3 Å². The van der Waals surface area contributed by atoms with Crippen LogP contribution in [0.5, 0.6) is 0 Å². The molecule has 0 aliphatic carbocycles. The average Bonchev–Trinajstić information content (AvgIpc) is 2.25. The van der Waals surface area contributed by atoms with Gasteiger partial charge in [-0.25, -0.2) is 0 Å². The van der Waals surface area contributed by atoms with Gasteiger partial charge in [-0.15, -0.1) is 0 Å². The molecule has 0 bridgehead atoms. The molecule has 0 saturated heterocycles. The lowest BCUT2D eigenvalue weighted by molar-refractivity contribution is 0.992. The SMILES string of the molecule is CSCCCNc1cc(C)ccc1C#N. The van der Waals surface area contributed by atoms with Gasteiger partial charge in [0.15, 0.2) is 0 Å². The minimum atomic E-state index is 0.727. The molecule has 1 aromatic carbocycles. The van der Waals surface area contributed by atoms with E-state index in [2.05, 4.69) is 17.6 Å². The molecule has 0 atom stereocenters. The molecule has 15 heavy (non-hydrogen) atoms. The van der Waals surface area contributed by atoms with Gasteiger partial charge < -0.3 is 5.32 Å². The van der Waals surface area contributed by atoms with E-state index in [4.69, 9.17) is 5.26 Å². The summed E-state index contributed by atoms with van der Waals surface area (Å²) >= 11 is 1.84. The highest BCUT2D eigenvalue weighted by Crippen LogP contribution is 2.16. The summed E-state index contributed by atoms with van der Waals surface area (Å²) < 4.78 is 0. The minimum Gasteiger partial charge on any atom is -0.384 e. The van der Waals surface area contributed by atoms with Crippen molar-refractivity contribution in [1.82, 2.24) is 0 Å². The molecule has 0 heterocycles. The van der Waals surface area contributed by atoms with E-state index >= 15 is 0 Å². The summed E-state index contributed by atoms with van der Waals surface area (Å²) in [6.45, 7) is 2.97. The Morgan fingerprint density at radius 3 is 2.93 bits per heavy atom. The van der Waals surface area contributed by atoms with E-state index in [0.717, 1.165) is 30.0 Å². The molecule has 1 rings (SSSR count). The summed E-state index contributed by atoms with van der Waals surface area (Å²) in [6, 6.07) is 8.05. The third kappa shape index (κ3) is 3.85. The van der Waals surface area contributed by atoms with E-state index in [-0.39, 0.29) is 0 Å². The number of nitrogens with zero attached hydrogens (tertiary/aromatic N) is 1. The lowest BCUT2D eigenvalue weighted by atomic mass is 10.1. The Morgan fingerprint density at radius 1 is 1.47 bits per heavy atom. The molecule has 0 saturated carbocycles. The molecule has 0 radical (unpaired) electrons. The van der Waals surface area contributed by atoms with Crippen LogP contribution in [0.25, 0.3) is 0 Å². The van der Waals surface area contributed by atoms with Gasteiger partial charge in [0.05, 0.1) is 11.3 Å². The van der Waals surface area contributed by atoms with Gasteiger partial charge in [0.1, 0.15) is 6.07 Å². The molecule has 0 aliphatic heterocycles. The smallest absolute Gasteiger partial charge is 0.101 e. The molecule has 2 nitrogen and oxygen atoms in total. The van der Waals surface area contributed by atoms with Crippen molar-refractivity contribution in [2.75, 3.05) is 23.9 Å². The lowest BCUT2D eigenvalue weighted by Crippen LogP contribution is -2.04. The fourth-order valence-electron chi connectivity index (χ4n) is 1.34. The Hall–Kier alpha value is -1.14. The number of hydrogen-bond donors (Lipinski definition) is 1. The molecule has 0 aliphatic rings. The number of thioether (sulfide) groups is 1. The van der Waals surface area contributed by atoms with Crippen LogP contribution < -0.4 is 5.32 Å². The molecule has 1 N–H and O–H groups in total. The van der Waals surface area contributed by atoms with Crippen molar-refractivity contribution in [1.29, 1.82) is 5.26 Å². The number of rotatable bonds is 5. The second kappa shape index (κ2) is 6.36. The molecule has 0 aromatic heterocycles. The molecule has 0 spiro atoms. The molecule has 0 fully saturated rings. The summed E-state index contributed by atoms with van der Waals surface area (Å²) in [5.74, 6) is 1.15. The zero-order chi connectivity index (χ0) is 11.1. The molecular formula is C12H16N2S. The summed E-state index contributed by atoms with van der Waals surface area (Å²) in [4.78, 5) is 0. The number of benzene rings is 1. The van der Waals surface area contributed by atoms with E-state index in [1.54, 1.807) is 0 Å². The Bertz CT molecular complexity index is 355. The van der Waals surface area contributed by atoms with Crippen LogP contribution in [0.3, 0.4) is 0 Å². The average molecular weight is 220 g/mol. The number of nitriles is 1. The van der Waals surface area contributed by atoms with E-state index < -0.39 is 0 Å². The quantitative estimate of drug-likeness (QED) is 0.775. The van der Waals surface area contributed by atoms with Gasteiger partial charge in [0, 0.05) is 6.54 Å². The van der Waals surface area contributed by atoms with Gasteiger partial charge >= 0.3 is 0 Å². The van der Waals surface area contributed by atoms with Crippen LogP contribution >= 0.6 is 11.8 Å². The van der Waals surface area contributed by atoms with Crippen molar-refractivity contribution >= 4 is 17.4 Å². The fraction of sp³-hybridized carbons (Fsp3) is 0.417. The monoisotopic (exact) mass is 220 g/mol. The first kappa shape index (κ1) is 11.9. The Labute approximate surface area is 95.7 Å². The zero-order valence-electron chi connectivity index (χ0n) is 9.21. The van der Waals surface area contributed by atoms with Crippen LogP contribution in [0.2, 0.25) is 0 Å². The Kier molecular flexibility index (Phi) is 5.06. The van der Waals surface area contributed by atoms with Crippen molar-refractivity contribution in [3.8, 4) is 6.07 Å². The van der Waals surface area contributed by atoms with Gasteiger partial charge in [-0.2, -0.15) is 17.0 Å². The van der Waals surface area contributed by atoms with Crippen LogP contribution in [0.4, 0.5) is 5.69 Å². The topological polar surface area (TPSA) is 35.8 Å². The van der Waals surface area contributed by atoms with Crippen LogP contribution in [0, 0.1) is 18.3 Å². The first-order chi connectivity index (χ1) is 7.27. The van der Waals surface area contributed by atoms with E-state index in [0.29, 0.717) is 0 Å². The predicted octanol–water partition coefficient (Wildman–Crippen LogP) is 3.03. The molecule has 0 amide bonds. The maximum Gasteiger partial charge on any atom is 0.101 e. The third-order valence-corrected chi connectivity index (χ3v) is 2.83. The largest absolute Gasteiger partial charge is 0.384 e. The zero-order valence-corrected chi connectivity index (χ0v) is 10.0. The summed E-state index contributed by atoms with van der Waals surface area (Å²) in [7, 11) is 0. The van der Waals surface area contributed by atoms with Crippen molar-refractivity contribution < 1.29 is 0 Å². The highest BCUT2D eigenvalue weighted by Gasteiger charge is 2.00. The van der Waals surface area contributed by atoms with Gasteiger partial charge in [-0.3, -0.25) is 0 Å². The molecule has 3 heteroatoms. The highest BCUT2D eigenvalue weighted by atomic mass is 32.2. The summed E-state index contributed by atoms with van der Waals surface area (Å²) in [5.41, 5.74) is 2.87. The summed E-state index contributed by atoms with van der Waals surface area (Å²) in [6.07, 6.45) is 3.23. The molecule has 0 unspecified atom stereocenters. The van der Waals surface area contributed by atoms with Gasteiger partial charge in [-0.1, -0.05) is 6.07 Å². The van der Waals surface area contributed by atoms with Crippen molar-refractivity contribution in [3.63, 3.8) is 0 Å². The first-order valence-corrected chi connectivity index (χ1v) is 6.41. The van der Waals surface area contributed by atoms with E-state index in [9.17, 15) is 0 Å². The maximum absolute atomic E-state index is 8.92. The Balaban J connectivity index is 2.59. The highest BCUT2D eigenvalue weighted by molar-refractivity contribution is 7.98. The van der Waals surface area contributed by atoms with E-state index in [1.165, 1.54) is 5.56 Å². The van der Waals surface area contributed by atoms with Crippen LogP contribution in [-0.2, 0) is 0 Å². The van der Waals surface area contributed by atoms with Gasteiger partial charge in [0.25, 0.3) is 0 Å². The molecular weight excluding hydrogens is 204 g/mol. The lowest BCUT2D eigenvalue weighted by Gasteiger charge is -2.08. The van der Waals surface area contributed by atoms with E-state index in [1.807, 2.05) is 36.9 Å². The standard InChI is InChI=1S/C12H16N2S/c1-10-4-5-11(9-13)12(8-10)14-6-3-7-15-2/h4-5,8,14H,3,6-7H2,1-2H3. The number of hydrogen-bond acceptors (Lipinski definition) is 3. The second-order valence-corrected chi connectivity index (χ2v) is 4.42. The van der Waals surface area contributed by atoms with Crippen molar-refractivity contribution in [3.05, 3.63) is 29.3 Å². The number of nitrogens with one attached hydrogen (secondary N) is 1. The maximum atomic E-state index is 8.92. The van der Waals surface area contributed by atoms with Crippen LogP contribution in [0.1, 0.15) is 17.5 Å². The van der Waals surface area contributed by atoms with Gasteiger partial charge in [0.2, 0.25) is 0 Å². The number of aryl methyl sites for hydroxylation is 1. The van der Waals surface area contributed by atoms with Gasteiger partial charge in [-0.05, 0) is 43.0 Å². The van der Waals surface area contributed by atoms with Crippen molar-refractivity contribution in [2.24, 2.45) is 0 Å². The normalized spacial score (nSPS) is 9.67.